The van der Waals surface area contributed by atoms with E-state index >= 15 is 0 Å². The van der Waals surface area contributed by atoms with Gasteiger partial charge in [0, 0.05) is 19.6 Å². The molecule has 2 fully saturated rings. The molecule has 0 N–H and O–H groups in total. The standard InChI is InChI=1S/C21H30N2O3/c1-15(2)23-18(24)14-26-20(19(23)17-11-5-4-6-12-17)21(25)22(3)13-16-9-7-8-10-16/h4-6,11-12,15-16,19-20H,7-10,13-14H2,1-3H3/t19-,20+/m1/s1. The Bertz CT molecular complexity index is 625. The molecule has 2 atom stereocenters. The first-order valence-corrected chi connectivity index (χ1v) is 9.71. The molecule has 0 bridgehead atoms. The second-order valence-corrected chi connectivity index (χ2v) is 7.85. The highest BCUT2D eigenvalue weighted by Crippen LogP contribution is 2.33. The summed E-state index contributed by atoms with van der Waals surface area (Å²) in [6.45, 7) is 4.72. The van der Waals surface area contributed by atoms with Crippen molar-refractivity contribution < 1.29 is 14.3 Å². The van der Waals surface area contributed by atoms with Crippen LogP contribution >= 0.6 is 0 Å². The van der Waals surface area contributed by atoms with Gasteiger partial charge >= 0.3 is 0 Å². The quantitative estimate of drug-likeness (QED) is 0.813. The smallest absolute Gasteiger partial charge is 0.253 e. The Morgan fingerprint density at radius 3 is 2.50 bits per heavy atom. The van der Waals surface area contributed by atoms with Crippen molar-refractivity contribution in [3.63, 3.8) is 0 Å². The average Bonchev–Trinajstić information content (AvgIpc) is 3.14. The third-order valence-electron chi connectivity index (χ3n) is 5.58. The molecule has 0 unspecified atom stereocenters. The maximum absolute atomic E-state index is 13.2. The van der Waals surface area contributed by atoms with Crippen LogP contribution in [-0.4, -0.2) is 54.0 Å². The second-order valence-electron chi connectivity index (χ2n) is 7.85. The van der Waals surface area contributed by atoms with Crippen molar-refractivity contribution in [3.8, 4) is 0 Å². The zero-order valence-electron chi connectivity index (χ0n) is 16.1. The van der Waals surface area contributed by atoms with E-state index in [9.17, 15) is 9.59 Å². The summed E-state index contributed by atoms with van der Waals surface area (Å²) in [5.74, 6) is 0.505. The van der Waals surface area contributed by atoms with Crippen LogP contribution in [0.15, 0.2) is 30.3 Å². The van der Waals surface area contributed by atoms with Gasteiger partial charge in [-0.05, 0) is 38.2 Å². The normalized spacial score (nSPS) is 24.3. The number of carbonyl (C=O) groups excluding carboxylic acids is 2. The first kappa shape index (κ1) is 18.9. The third kappa shape index (κ3) is 3.93. The van der Waals surface area contributed by atoms with Gasteiger partial charge in [0.25, 0.3) is 5.91 Å². The van der Waals surface area contributed by atoms with Gasteiger partial charge in [0.2, 0.25) is 5.91 Å². The Kier molecular flexibility index (Phi) is 5.97. The van der Waals surface area contributed by atoms with Crippen molar-refractivity contribution in [2.75, 3.05) is 20.2 Å². The minimum Gasteiger partial charge on any atom is -0.356 e. The van der Waals surface area contributed by atoms with Gasteiger partial charge in [-0.2, -0.15) is 0 Å². The van der Waals surface area contributed by atoms with Gasteiger partial charge in [-0.15, -0.1) is 0 Å². The topological polar surface area (TPSA) is 49.9 Å². The summed E-state index contributed by atoms with van der Waals surface area (Å²) in [6, 6.07) is 9.40. The van der Waals surface area contributed by atoms with Crippen LogP contribution in [0, 0.1) is 5.92 Å². The monoisotopic (exact) mass is 358 g/mol. The number of hydrogen-bond acceptors (Lipinski definition) is 3. The van der Waals surface area contributed by atoms with Crippen molar-refractivity contribution in [2.24, 2.45) is 5.92 Å². The number of carbonyl (C=O) groups is 2. The van der Waals surface area contributed by atoms with Crippen molar-refractivity contribution in [1.82, 2.24) is 9.80 Å². The number of benzene rings is 1. The summed E-state index contributed by atoms with van der Waals surface area (Å²) in [5, 5.41) is 0. The van der Waals surface area contributed by atoms with Crippen molar-refractivity contribution in [2.45, 2.75) is 57.7 Å². The van der Waals surface area contributed by atoms with Crippen LogP contribution in [0.3, 0.4) is 0 Å². The van der Waals surface area contributed by atoms with Crippen LogP contribution in [0.25, 0.3) is 0 Å². The lowest BCUT2D eigenvalue weighted by Crippen LogP contribution is -2.56. The number of ether oxygens (including phenoxy) is 1. The Hall–Kier alpha value is -1.88. The molecular formula is C21H30N2O3. The number of morpholine rings is 1. The van der Waals surface area contributed by atoms with Gasteiger partial charge in [0.15, 0.2) is 6.10 Å². The molecule has 3 rings (SSSR count). The fourth-order valence-electron chi connectivity index (χ4n) is 4.32. The molecule has 0 aromatic heterocycles. The van der Waals surface area contributed by atoms with Crippen LogP contribution in [0.5, 0.6) is 0 Å². The SMILES string of the molecule is CC(C)N1C(=O)CO[C@H](C(=O)N(C)CC2CCCC2)[C@H]1c1ccccc1. The molecule has 142 valence electrons. The Morgan fingerprint density at radius 1 is 1.23 bits per heavy atom. The lowest BCUT2D eigenvalue weighted by atomic mass is 9.95. The molecule has 2 amide bonds. The van der Waals surface area contributed by atoms with Gasteiger partial charge in [0.05, 0.1) is 6.04 Å². The zero-order chi connectivity index (χ0) is 18.7. The molecule has 1 aliphatic heterocycles. The summed E-state index contributed by atoms with van der Waals surface area (Å²) in [7, 11) is 1.86. The van der Waals surface area contributed by atoms with Crippen molar-refractivity contribution >= 4 is 11.8 Å². The van der Waals surface area contributed by atoms with E-state index in [-0.39, 0.29) is 30.5 Å². The lowest BCUT2D eigenvalue weighted by molar-refractivity contribution is -0.171. The van der Waals surface area contributed by atoms with E-state index < -0.39 is 6.10 Å². The second kappa shape index (κ2) is 8.21. The third-order valence-corrected chi connectivity index (χ3v) is 5.58. The van der Waals surface area contributed by atoms with Gasteiger partial charge < -0.3 is 14.5 Å². The highest BCUT2D eigenvalue weighted by Gasteiger charge is 2.43. The molecule has 2 aliphatic rings. The predicted molar refractivity (Wildman–Crippen MR) is 101 cm³/mol. The van der Waals surface area contributed by atoms with E-state index in [2.05, 4.69) is 0 Å². The van der Waals surface area contributed by atoms with E-state index in [1.807, 2.05) is 61.0 Å². The van der Waals surface area contributed by atoms with Gasteiger partial charge in [0.1, 0.15) is 6.61 Å². The molecule has 5 heteroatoms. The molecule has 1 aliphatic carbocycles. The van der Waals surface area contributed by atoms with E-state index in [0.29, 0.717) is 5.92 Å². The number of amides is 2. The van der Waals surface area contributed by atoms with Gasteiger partial charge in [-0.25, -0.2) is 0 Å². The van der Waals surface area contributed by atoms with Crippen LogP contribution in [-0.2, 0) is 14.3 Å². The van der Waals surface area contributed by atoms with Crippen LogP contribution in [0.1, 0.15) is 51.1 Å². The maximum atomic E-state index is 13.2. The fraction of sp³-hybridized carbons (Fsp3) is 0.619. The number of nitrogens with zero attached hydrogens (tertiary/aromatic N) is 2. The summed E-state index contributed by atoms with van der Waals surface area (Å²) in [6.07, 6.45) is 4.26. The minimum atomic E-state index is -0.649. The number of hydrogen-bond donors (Lipinski definition) is 0. The zero-order valence-corrected chi connectivity index (χ0v) is 16.1. The van der Waals surface area contributed by atoms with E-state index in [1.54, 1.807) is 0 Å². The number of likely N-dealkylation sites (N-methyl/N-ethyl adjacent to an activating group) is 1. The molecule has 5 nitrogen and oxygen atoms in total. The molecule has 1 aromatic rings. The Morgan fingerprint density at radius 2 is 1.88 bits per heavy atom. The van der Waals surface area contributed by atoms with Crippen molar-refractivity contribution in [1.29, 1.82) is 0 Å². The van der Waals surface area contributed by atoms with E-state index in [0.717, 1.165) is 12.1 Å². The first-order valence-electron chi connectivity index (χ1n) is 9.71. The molecule has 1 saturated heterocycles. The summed E-state index contributed by atoms with van der Waals surface area (Å²) >= 11 is 0. The molecule has 26 heavy (non-hydrogen) atoms. The van der Waals surface area contributed by atoms with Crippen LogP contribution in [0.2, 0.25) is 0 Å². The fourth-order valence-corrected chi connectivity index (χ4v) is 4.32. The van der Waals surface area contributed by atoms with Crippen LogP contribution < -0.4 is 0 Å². The number of rotatable bonds is 5. The lowest BCUT2D eigenvalue weighted by Gasteiger charge is -2.43. The van der Waals surface area contributed by atoms with Gasteiger partial charge in [-0.1, -0.05) is 43.2 Å². The molecular weight excluding hydrogens is 328 g/mol. The summed E-state index contributed by atoms with van der Waals surface area (Å²) in [5.41, 5.74) is 0.946. The molecule has 0 radical (unpaired) electrons. The summed E-state index contributed by atoms with van der Waals surface area (Å²) < 4.78 is 5.80. The molecule has 1 saturated carbocycles. The average molecular weight is 358 g/mol. The molecule has 0 spiro atoms. The van der Waals surface area contributed by atoms with Crippen molar-refractivity contribution in [3.05, 3.63) is 35.9 Å². The largest absolute Gasteiger partial charge is 0.356 e. The first-order chi connectivity index (χ1) is 12.5. The predicted octanol–water partition coefficient (Wildman–Crippen LogP) is 3.01. The Labute approximate surface area is 156 Å². The highest BCUT2D eigenvalue weighted by atomic mass is 16.5. The Balaban J connectivity index is 1.84. The van der Waals surface area contributed by atoms with E-state index in [4.69, 9.17) is 4.74 Å². The molecule has 1 heterocycles. The minimum absolute atomic E-state index is 0.00652. The van der Waals surface area contributed by atoms with E-state index in [1.165, 1.54) is 25.7 Å². The maximum Gasteiger partial charge on any atom is 0.253 e. The highest BCUT2D eigenvalue weighted by molar-refractivity contribution is 5.86. The molecule has 1 aromatic carbocycles. The van der Waals surface area contributed by atoms with Gasteiger partial charge in [-0.3, -0.25) is 9.59 Å². The summed E-state index contributed by atoms with van der Waals surface area (Å²) in [4.78, 5) is 29.3. The van der Waals surface area contributed by atoms with Crippen LogP contribution in [0.4, 0.5) is 0 Å².